The van der Waals surface area contributed by atoms with Gasteiger partial charge in [0.1, 0.15) is 5.75 Å². The standard InChI is InChI=1S/C19H22ClNO2/c1-14-7-5-8-16(13-14)23-12-6-11-19(22)21-15(2)17-9-3-4-10-18(17)20/h3-5,7-10,13,15H,6,11-12H2,1-2H3,(H,21,22)/t15-/m0/s1. The van der Waals surface area contributed by atoms with Crippen LogP contribution in [0.2, 0.25) is 5.02 Å². The Hall–Kier alpha value is -2.00. The summed E-state index contributed by atoms with van der Waals surface area (Å²) in [6.07, 6.45) is 1.11. The summed E-state index contributed by atoms with van der Waals surface area (Å²) in [5.74, 6) is 0.847. The highest BCUT2D eigenvalue weighted by Gasteiger charge is 2.11. The number of benzene rings is 2. The average Bonchev–Trinajstić information content (AvgIpc) is 2.52. The second kappa shape index (κ2) is 8.59. The maximum atomic E-state index is 12.0. The van der Waals surface area contributed by atoms with Gasteiger partial charge in [-0.1, -0.05) is 41.9 Å². The summed E-state index contributed by atoms with van der Waals surface area (Å²) in [5.41, 5.74) is 2.09. The van der Waals surface area contributed by atoms with E-state index in [0.29, 0.717) is 24.5 Å². The molecule has 2 aromatic rings. The van der Waals surface area contributed by atoms with Crippen molar-refractivity contribution >= 4 is 17.5 Å². The second-order valence-corrected chi connectivity index (χ2v) is 5.99. The molecule has 0 bridgehead atoms. The molecule has 23 heavy (non-hydrogen) atoms. The van der Waals surface area contributed by atoms with Gasteiger partial charge in [0.25, 0.3) is 0 Å². The molecule has 0 unspecified atom stereocenters. The number of hydrogen-bond donors (Lipinski definition) is 1. The molecule has 1 atom stereocenters. The fourth-order valence-electron chi connectivity index (χ4n) is 2.35. The lowest BCUT2D eigenvalue weighted by Crippen LogP contribution is -2.26. The number of hydrogen-bond acceptors (Lipinski definition) is 2. The minimum Gasteiger partial charge on any atom is -0.494 e. The maximum Gasteiger partial charge on any atom is 0.220 e. The monoisotopic (exact) mass is 331 g/mol. The third-order valence-electron chi connectivity index (χ3n) is 3.56. The minimum absolute atomic E-state index is 0.00487. The number of halogens is 1. The Morgan fingerprint density at radius 3 is 2.74 bits per heavy atom. The van der Waals surface area contributed by atoms with Crippen LogP contribution in [0.1, 0.15) is 36.9 Å². The first-order valence-corrected chi connectivity index (χ1v) is 8.17. The number of aryl methyl sites for hydroxylation is 1. The SMILES string of the molecule is Cc1cccc(OCCCC(=O)N[C@@H](C)c2ccccc2Cl)c1. The molecule has 1 amide bonds. The van der Waals surface area contributed by atoms with Crippen molar-refractivity contribution in [2.24, 2.45) is 0 Å². The van der Waals surface area contributed by atoms with Gasteiger partial charge in [0.2, 0.25) is 5.91 Å². The Labute approximate surface area is 142 Å². The molecule has 0 fully saturated rings. The van der Waals surface area contributed by atoms with Crippen LogP contribution in [0.15, 0.2) is 48.5 Å². The van der Waals surface area contributed by atoms with Gasteiger partial charge in [-0.25, -0.2) is 0 Å². The topological polar surface area (TPSA) is 38.3 Å². The fourth-order valence-corrected chi connectivity index (χ4v) is 2.64. The van der Waals surface area contributed by atoms with E-state index in [1.165, 1.54) is 0 Å². The number of carbonyl (C=O) groups is 1. The number of carbonyl (C=O) groups excluding carboxylic acids is 1. The Kier molecular flexibility index (Phi) is 6.48. The molecule has 0 aromatic heterocycles. The molecule has 0 spiro atoms. The third kappa shape index (κ3) is 5.61. The predicted molar refractivity (Wildman–Crippen MR) is 93.9 cm³/mol. The zero-order valence-electron chi connectivity index (χ0n) is 13.5. The molecule has 0 aliphatic rings. The van der Waals surface area contributed by atoms with Crippen molar-refractivity contribution in [2.45, 2.75) is 32.7 Å². The zero-order chi connectivity index (χ0) is 16.7. The molecule has 0 saturated heterocycles. The first kappa shape index (κ1) is 17.4. The van der Waals surface area contributed by atoms with Crippen LogP contribution in [-0.2, 0) is 4.79 Å². The van der Waals surface area contributed by atoms with Crippen LogP contribution in [0.5, 0.6) is 5.75 Å². The molecular weight excluding hydrogens is 310 g/mol. The van der Waals surface area contributed by atoms with Crippen LogP contribution in [-0.4, -0.2) is 12.5 Å². The molecule has 122 valence electrons. The van der Waals surface area contributed by atoms with Gasteiger partial charge in [-0.15, -0.1) is 0 Å². The highest BCUT2D eigenvalue weighted by Crippen LogP contribution is 2.22. The van der Waals surface area contributed by atoms with Crippen molar-refractivity contribution in [1.82, 2.24) is 5.32 Å². The Bertz CT molecular complexity index is 657. The van der Waals surface area contributed by atoms with Crippen LogP contribution >= 0.6 is 11.6 Å². The first-order chi connectivity index (χ1) is 11.1. The number of ether oxygens (including phenoxy) is 1. The molecule has 0 heterocycles. The van der Waals surface area contributed by atoms with Crippen LogP contribution in [0, 0.1) is 6.92 Å². The van der Waals surface area contributed by atoms with Gasteiger partial charge in [-0.3, -0.25) is 4.79 Å². The summed E-state index contributed by atoms with van der Waals surface area (Å²) in [6.45, 7) is 4.48. The molecule has 0 radical (unpaired) electrons. The van der Waals surface area contributed by atoms with E-state index in [1.54, 1.807) is 0 Å². The van der Waals surface area contributed by atoms with Gasteiger partial charge in [-0.2, -0.15) is 0 Å². The predicted octanol–water partition coefficient (Wildman–Crippen LogP) is 4.68. The van der Waals surface area contributed by atoms with Crippen molar-refractivity contribution in [3.8, 4) is 5.75 Å². The summed E-state index contributed by atoms with van der Waals surface area (Å²) >= 11 is 6.14. The number of rotatable bonds is 7. The van der Waals surface area contributed by atoms with Crippen LogP contribution in [0.4, 0.5) is 0 Å². The molecule has 0 saturated carbocycles. The van der Waals surface area contributed by atoms with E-state index in [2.05, 4.69) is 5.32 Å². The molecule has 2 rings (SSSR count). The smallest absolute Gasteiger partial charge is 0.220 e. The van der Waals surface area contributed by atoms with E-state index in [4.69, 9.17) is 16.3 Å². The lowest BCUT2D eigenvalue weighted by molar-refractivity contribution is -0.121. The number of amides is 1. The Morgan fingerprint density at radius 1 is 1.22 bits per heavy atom. The molecule has 0 aliphatic carbocycles. The third-order valence-corrected chi connectivity index (χ3v) is 3.90. The van der Waals surface area contributed by atoms with Gasteiger partial charge in [0.15, 0.2) is 0 Å². The average molecular weight is 332 g/mol. The lowest BCUT2D eigenvalue weighted by Gasteiger charge is -2.15. The van der Waals surface area contributed by atoms with Gasteiger partial charge in [0.05, 0.1) is 12.6 Å². The summed E-state index contributed by atoms with van der Waals surface area (Å²) in [4.78, 5) is 12.0. The molecule has 1 N–H and O–H groups in total. The highest BCUT2D eigenvalue weighted by atomic mass is 35.5. The molecule has 3 nitrogen and oxygen atoms in total. The van der Waals surface area contributed by atoms with Crippen molar-refractivity contribution in [3.05, 3.63) is 64.7 Å². The lowest BCUT2D eigenvalue weighted by atomic mass is 10.1. The Morgan fingerprint density at radius 2 is 2.00 bits per heavy atom. The van der Waals surface area contributed by atoms with Crippen LogP contribution < -0.4 is 10.1 Å². The molecule has 4 heteroatoms. The van der Waals surface area contributed by atoms with E-state index >= 15 is 0 Å². The van der Waals surface area contributed by atoms with Gasteiger partial charge < -0.3 is 10.1 Å². The van der Waals surface area contributed by atoms with E-state index in [0.717, 1.165) is 16.9 Å². The van der Waals surface area contributed by atoms with E-state index in [1.807, 2.05) is 62.4 Å². The summed E-state index contributed by atoms with van der Waals surface area (Å²) in [7, 11) is 0. The largest absolute Gasteiger partial charge is 0.494 e. The van der Waals surface area contributed by atoms with Crippen molar-refractivity contribution in [3.63, 3.8) is 0 Å². The number of nitrogens with one attached hydrogen (secondary N) is 1. The second-order valence-electron chi connectivity index (χ2n) is 5.58. The fraction of sp³-hybridized carbons (Fsp3) is 0.316. The van der Waals surface area contributed by atoms with Crippen LogP contribution in [0.25, 0.3) is 0 Å². The maximum absolute atomic E-state index is 12.0. The van der Waals surface area contributed by atoms with Crippen molar-refractivity contribution < 1.29 is 9.53 Å². The Balaban J connectivity index is 1.72. The summed E-state index contributed by atoms with van der Waals surface area (Å²) in [5, 5.41) is 3.64. The van der Waals surface area contributed by atoms with Gasteiger partial charge in [0, 0.05) is 11.4 Å². The quantitative estimate of drug-likeness (QED) is 0.748. The van der Waals surface area contributed by atoms with Crippen molar-refractivity contribution in [2.75, 3.05) is 6.61 Å². The highest BCUT2D eigenvalue weighted by molar-refractivity contribution is 6.31. The summed E-state index contributed by atoms with van der Waals surface area (Å²) < 4.78 is 5.64. The van der Waals surface area contributed by atoms with Crippen LogP contribution in [0.3, 0.4) is 0 Å². The van der Waals surface area contributed by atoms with E-state index in [9.17, 15) is 4.79 Å². The minimum atomic E-state index is -0.103. The van der Waals surface area contributed by atoms with Gasteiger partial charge in [-0.05, 0) is 49.6 Å². The molecule has 0 aliphatic heterocycles. The molecular formula is C19H22ClNO2. The first-order valence-electron chi connectivity index (χ1n) is 7.79. The van der Waals surface area contributed by atoms with Crippen molar-refractivity contribution in [1.29, 1.82) is 0 Å². The van der Waals surface area contributed by atoms with E-state index < -0.39 is 0 Å². The van der Waals surface area contributed by atoms with E-state index in [-0.39, 0.29) is 11.9 Å². The zero-order valence-corrected chi connectivity index (χ0v) is 14.3. The molecule has 2 aromatic carbocycles. The normalized spacial score (nSPS) is 11.8. The summed E-state index contributed by atoms with van der Waals surface area (Å²) in [6, 6.07) is 15.3. The van der Waals surface area contributed by atoms with Gasteiger partial charge >= 0.3 is 0 Å².